The fourth-order valence-corrected chi connectivity index (χ4v) is 2.11. The van der Waals surface area contributed by atoms with Crippen molar-refractivity contribution in [1.82, 2.24) is 4.90 Å². The van der Waals surface area contributed by atoms with Crippen molar-refractivity contribution in [2.24, 2.45) is 0 Å². The van der Waals surface area contributed by atoms with E-state index in [2.05, 4.69) is 26.9 Å². The van der Waals surface area contributed by atoms with Crippen LogP contribution in [0.4, 0.5) is 0 Å². The summed E-state index contributed by atoms with van der Waals surface area (Å²) in [6, 6.07) is 10.1. The summed E-state index contributed by atoms with van der Waals surface area (Å²) < 4.78 is 6.33. The molecule has 1 saturated heterocycles. The Morgan fingerprint density at radius 3 is 2.44 bits per heavy atom. The second-order valence-electron chi connectivity index (χ2n) is 3.73. The molecule has 1 aliphatic heterocycles. The van der Waals surface area contributed by atoms with Gasteiger partial charge in [-0.2, -0.15) is 5.26 Å². The highest BCUT2D eigenvalue weighted by Crippen LogP contribution is 2.22. The van der Waals surface area contributed by atoms with Crippen molar-refractivity contribution in [2.45, 2.75) is 6.04 Å². The van der Waals surface area contributed by atoms with Crippen molar-refractivity contribution < 1.29 is 4.74 Å². The predicted octanol–water partition coefficient (Wildman–Crippen LogP) is 2.35. The Morgan fingerprint density at radius 2 is 1.88 bits per heavy atom. The third-order valence-corrected chi connectivity index (χ3v) is 3.25. The van der Waals surface area contributed by atoms with Crippen LogP contribution in [0.25, 0.3) is 0 Å². The van der Waals surface area contributed by atoms with Crippen LogP contribution < -0.4 is 0 Å². The monoisotopic (exact) mass is 280 g/mol. The van der Waals surface area contributed by atoms with E-state index in [0.29, 0.717) is 13.2 Å². The molecule has 0 amide bonds. The third kappa shape index (κ3) is 2.62. The number of halogens is 1. The molecule has 0 aromatic heterocycles. The zero-order valence-electron chi connectivity index (χ0n) is 8.90. The molecule has 0 saturated carbocycles. The highest BCUT2D eigenvalue weighted by Gasteiger charge is 2.21. The quantitative estimate of drug-likeness (QED) is 0.835. The van der Waals surface area contributed by atoms with Gasteiger partial charge in [-0.1, -0.05) is 28.1 Å². The van der Waals surface area contributed by atoms with Crippen molar-refractivity contribution in [3.8, 4) is 6.07 Å². The van der Waals surface area contributed by atoms with E-state index in [9.17, 15) is 5.26 Å². The fourth-order valence-electron chi connectivity index (χ4n) is 1.85. The number of rotatable bonds is 2. The molecule has 1 fully saturated rings. The third-order valence-electron chi connectivity index (χ3n) is 2.72. The number of benzene rings is 1. The molecule has 0 spiro atoms. The van der Waals surface area contributed by atoms with Gasteiger partial charge in [0.2, 0.25) is 0 Å². The van der Waals surface area contributed by atoms with Crippen LogP contribution in [0, 0.1) is 11.3 Å². The first-order valence-electron chi connectivity index (χ1n) is 5.28. The van der Waals surface area contributed by atoms with E-state index >= 15 is 0 Å². The minimum Gasteiger partial charge on any atom is -0.379 e. The van der Waals surface area contributed by atoms with Crippen molar-refractivity contribution in [3.63, 3.8) is 0 Å². The van der Waals surface area contributed by atoms with Gasteiger partial charge in [0, 0.05) is 17.6 Å². The Labute approximate surface area is 104 Å². The smallest absolute Gasteiger partial charge is 0.124 e. The maximum atomic E-state index is 9.26. The Hall–Kier alpha value is -0.890. The maximum Gasteiger partial charge on any atom is 0.124 e. The molecule has 2 rings (SSSR count). The van der Waals surface area contributed by atoms with Crippen LogP contribution in [0.5, 0.6) is 0 Å². The molecule has 1 aromatic rings. The molecule has 0 bridgehead atoms. The van der Waals surface area contributed by atoms with Crippen LogP contribution in [-0.2, 0) is 4.74 Å². The van der Waals surface area contributed by atoms with Crippen molar-refractivity contribution in [3.05, 3.63) is 34.3 Å². The molecule has 0 N–H and O–H groups in total. The first-order valence-corrected chi connectivity index (χ1v) is 6.07. The number of morpholine rings is 1. The van der Waals surface area contributed by atoms with Gasteiger partial charge >= 0.3 is 0 Å². The van der Waals surface area contributed by atoms with E-state index in [4.69, 9.17) is 4.74 Å². The minimum atomic E-state index is -0.156. The van der Waals surface area contributed by atoms with Crippen LogP contribution in [0.3, 0.4) is 0 Å². The molecule has 0 radical (unpaired) electrons. The molecule has 4 heteroatoms. The predicted molar refractivity (Wildman–Crippen MR) is 64.9 cm³/mol. The molecule has 0 unspecified atom stereocenters. The summed E-state index contributed by atoms with van der Waals surface area (Å²) in [4.78, 5) is 2.16. The van der Waals surface area contributed by atoms with Crippen molar-refractivity contribution in [1.29, 1.82) is 5.26 Å². The van der Waals surface area contributed by atoms with Gasteiger partial charge in [0.25, 0.3) is 0 Å². The summed E-state index contributed by atoms with van der Waals surface area (Å²) >= 11 is 3.40. The fraction of sp³-hybridized carbons (Fsp3) is 0.417. The van der Waals surface area contributed by atoms with Crippen molar-refractivity contribution >= 4 is 15.9 Å². The summed E-state index contributed by atoms with van der Waals surface area (Å²) in [5, 5.41) is 9.26. The zero-order valence-corrected chi connectivity index (χ0v) is 10.5. The van der Waals surface area contributed by atoms with Gasteiger partial charge < -0.3 is 4.74 Å². The topological polar surface area (TPSA) is 36.3 Å². The van der Waals surface area contributed by atoms with Gasteiger partial charge in [0.1, 0.15) is 6.04 Å². The van der Waals surface area contributed by atoms with E-state index in [1.165, 1.54) is 0 Å². The van der Waals surface area contributed by atoms with Gasteiger partial charge in [-0.25, -0.2) is 0 Å². The number of nitriles is 1. The van der Waals surface area contributed by atoms with Gasteiger partial charge in [-0.15, -0.1) is 0 Å². The summed E-state index contributed by atoms with van der Waals surface area (Å²) in [5.74, 6) is 0. The first-order chi connectivity index (χ1) is 7.81. The van der Waals surface area contributed by atoms with Crippen LogP contribution in [0.1, 0.15) is 11.6 Å². The molecule has 0 aliphatic carbocycles. The molecule has 3 nitrogen and oxygen atoms in total. The van der Waals surface area contributed by atoms with E-state index in [1.807, 2.05) is 24.3 Å². The second kappa shape index (κ2) is 5.44. The normalized spacial score (nSPS) is 19.0. The van der Waals surface area contributed by atoms with Gasteiger partial charge in [-0.3, -0.25) is 4.90 Å². The van der Waals surface area contributed by atoms with E-state index < -0.39 is 0 Å². The maximum absolute atomic E-state index is 9.26. The summed E-state index contributed by atoms with van der Waals surface area (Å²) in [5.41, 5.74) is 1.05. The molecule has 1 aromatic carbocycles. The van der Waals surface area contributed by atoms with Gasteiger partial charge in [0.15, 0.2) is 0 Å². The standard InChI is InChI=1S/C12H13BrN2O/c13-11-3-1-10(2-4-11)12(9-14)15-5-7-16-8-6-15/h1-4,12H,5-8H2/t12-/m0/s1. The highest BCUT2D eigenvalue weighted by atomic mass is 79.9. The zero-order chi connectivity index (χ0) is 11.4. The summed E-state index contributed by atoms with van der Waals surface area (Å²) in [7, 11) is 0. The molecule has 1 heterocycles. The number of hydrogen-bond donors (Lipinski definition) is 0. The Morgan fingerprint density at radius 1 is 1.25 bits per heavy atom. The number of nitrogens with zero attached hydrogens (tertiary/aromatic N) is 2. The van der Waals surface area contributed by atoms with Crippen LogP contribution >= 0.6 is 15.9 Å². The molecule has 84 valence electrons. The molecule has 1 atom stereocenters. The lowest BCUT2D eigenvalue weighted by atomic mass is 10.1. The summed E-state index contributed by atoms with van der Waals surface area (Å²) in [6.45, 7) is 3.09. The minimum absolute atomic E-state index is 0.156. The Kier molecular flexibility index (Phi) is 3.94. The van der Waals surface area contributed by atoms with Gasteiger partial charge in [-0.05, 0) is 17.7 Å². The van der Waals surface area contributed by atoms with E-state index in [0.717, 1.165) is 23.1 Å². The first kappa shape index (κ1) is 11.6. The average Bonchev–Trinajstić information content (AvgIpc) is 2.34. The van der Waals surface area contributed by atoms with Crippen LogP contribution in [-0.4, -0.2) is 31.2 Å². The van der Waals surface area contributed by atoms with Crippen LogP contribution in [0.15, 0.2) is 28.7 Å². The van der Waals surface area contributed by atoms with E-state index in [-0.39, 0.29) is 6.04 Å². The van der Waals surface area contributed by atoms with Crippen LogP contribution in [0.2, 0.25) is 0 Å². The Balaban J connectivity index is 2.15. The van der Waals surface area contributed by atoms with Crippen molar-refractivity contribution in [2.75, 3.05) is 26.3 Å². The molecule has 1 aliphatic rings. The summed E-state index contributed by atoms with van der Waals surface area (Å²) in [6.07, 6.45) is 0. The number of ether oxygens (including phenoxy) is 1. The molecular formula is C12H13BrN2O. The Bertz CT molecular complexity index is 379. The largest absolute Gasteiger partial charge is 0.379 e. The SMILES string of the molecule is N#C[C@@H](c1ccc(Br)cc1)N1CCOCC1. The highest BCUT2D eigenvalue weighted by molar-refractivity contribution is 9.10. The number of hydrogen-bond acceptors (Lipinski definition) is 3. The average molecular weight is 281 g/mol. The lowest BCUT2D eigenvalue weighted by molar-refractivity contribution is 0.0266. The van der Waals surface area contributed by atoms with Gasteiger partial charge in [0.05, 0.1) is 19.3 Å². The molecular weight excluding hydrogens is 268 g/mol. The lowest BCUT2D eigenvalue weighted by Crippen LogP contribution is -2.38. The van der Waals surface area contributed by atoms with E-state index in [1.54, 1.807) is 0 Å². The molecule has 16 heavy (non-hydrogen) atoms. The second-order valence-corrected chi connectivity index (χ2v) is 4.65. The lowest BCUT2D eigenvalue weighted by Gasteiger charge is -2.30.